The molecule has 0 saturated heterocycles. The molecule has 39 heavy (non-hydrogen) atoms. The van der Waals surface area contributed by atoms with Crippen LogP contribution in [0.4, 0.5) is 0 Å². The smallest absolute Gasteiger partial charge is 0.412 e. The summed E-state index contributed by atoms with van der Waals surface area (Å²) in [5.41, 5.74) is 0. The van der Waals surface area contributed by atoms with E-state index in [1.165, 1.54) is 0 Å². The third-order valence-corrected chi connectivity index (χ3v) is 9.04. The first kappa shape index (κ1) is 42.8. The molecule has 0 aliphatic heterocycles. The Kier molecular flexibility index (Phi) is 25.4. The van der Waals surface area contributed by atoms with Crippen LogP contribution in [0.2, 0.25) is 30.1 Å². The zero-order valence-electron chi connectivity index (χ0n) is 20.9. The van der Waals surface area contributed by atoms with Gasteiger partial charge in [-0.3, -0.25) is 0 Å². The quantitative estimate of drug-likeness (QED) is 0.0647. The van der Waals surface area contributed by atoms with E-state index in [1.54, 1.807) is 24.3 Å². The minimum Gasteiger partial charge on any atom is -0.412 e. The summed E-state index contributed by atoms with van der Waals surface area (Å²) in [4.78, 5) is 1.96. The zero-order chi connectivity index (χ0) is 29.6. The van der Waals surface area contributed by atoms with Gasteiger partial charge in [0.05, 0.1) is 20.1 Å². The van der Waals surface area contributed by atoms with Crippen molar-refractivity contribution < 1.29 is 19.5 Å². The van der Waals surface area contributed by atoms with Gasteiger partial charge in [0.2, 0.25) is 0 Å². The van der Waals surface area contributed by atoms with Crippen molar-refractivity contribution in [3.05, 3.63) is 54.4 Å². The number of nitrogens with zero attached hydrogens (tertiary/aromatic N) is 1. The number of thiol groups is 1. The van der Waals surface area contributed by atoms with Gasteiger partial charge in [-0.25, -0.2) is 0 Å². The molecule has 0 heterocycles. The zero-order valence-corrected chi connectivity index (χ0v) is 34.4. The number of rotatable bonds is 7. The van der Waals surface area contributed by atoms with Crippen molar-refractivity contribution >= 4 is 176 Å². The van der Waals surface area contributed by atoms with Crippen LogP contribution in [0.15, 0.2) is 24.3 Å². The van der Waals surface area contributed by atoms with Crippen LogP contribution in [0.3, 0.4) is 0 Å². The Morgan fingerprint density at radius 1 is 0.846 bits per heavy atom. The maximum absolute atomic E-state index is 6.14. The fourth-order valence-corrected chi connectivity index (χ4v) is 6.12. The molecule has 2 rings (SSSR count). The first-order valence-corrected chi connectivity index (χ1v) is 16.3. The molecule has 17 heteroatoms. The van der Waals surface area contributed by atoms with Crippen LogP contribution in [0.25, 0.3) is 0 Å². The topological polar surface area (TPSA) is 27.3 Å². The second-order valence-corrected chi connectivity index (χ2v) is 14.1. The minimum atomic E-state index is 0. The molecule has 0 aliphatic rings. The Balaban J connectivity index is 0. The van der Waals surface area contributed by atoms with Gasteiger partial charge in [-0.15, -0.1) is 12.6 Å². The van der Waals surface area contributed by atoms with Gasteiger partial charge in [0.1, 0.15) is 4.32 Å². The Hall–Kier alpha value is 1.69. The van der Waals surface area contributed by atoms with Crippen LogP contribution in [0.5, 0.6) is 0 Å². The van der Waals surface area contributed by atoms with Crippen molar-refractivity contribution in [3.63, 3.8) is 0 Å². The van der Waals surface area contributed by atoms with E-state index in [-0.39, 0.29) is 34.1 Å². The summed E-state index contributed by atoms with van der Waals surface area (Å²) < 4.78 is 1.44. The van der Waals surface area contributed by atoms with Crippen LogP contribution in [-0.4, -0.2) is 43.5 Å². The van der Waals surface area contributed by atoms with Crippen molar-refractivity contribution in [1.82, 2.24) is 15.5 Å². The summed E-state index contributed by atoms with van der Waals surface area (Å²) >= 11 is 63.5. The molecule has 0 aromatic heterocycles. The van der Waals surface area contributed by atoms with E-state index in [9.17, 15) is 0 Å². The molecule has 212 valence electrons. The van der Waals surface area contributed by atoms with E-state index >= 15 is 0 Å². The second-order valence-electron chi connectivity index (χ2n) is 7.07. The van der Waals surface area contributed by atoms with Gasteiger partial charge < -0.3 is 65.2 Å². The first-order chi connectivity index (χ1) is 17.6. The van der Waals surface area contributed by atoms with E-state index in [4.69, 9.17) is 107 Å². The summed E-state index contributed by atoms with van der Waals surface area (Å²) in [5, 5.41) is 10.3. The van der Waals surface area contributed by atoms with Gasteiger partial charge in [0.15, 0.2) is 0 Å². The molecule has 2 aromatic rings. The van der Waals surface area contributed by atoms with Crippen molar-refractivity contribution in [2.75, 3.05) is 19.6 Å². The first-order valence-electron chi connectivity index (χ1n) is 10.6. The maximum atomic E-state index is 6.14. The summed E-state index contributed by atoms with van der Waals surface area (Å²) in [6.45, 7) is 8.58. The average Bonchev–Trinajstić information content (AvgIpc) is 2.80. The van der Waals surface area contributed by atoms with Crippen LogP contribution in [0, 0.1) is 0 Å². The molecule has 0 aliphatic carbocycles. The Morgan fingerprint density at radius 2 is 1.23 bits per heavy atom. The van der Waals surface area contributed by atoms with Gasteiger partial charge in [-0.1, -0.05) is 99.0 Å². The molecule has 3 nitrogen and oxygen atoms in total. The molecule has 2 N–H and O–H groups in total. The Bertz CT molecular complexity index is 1060. The molecule has 0 fully saturated rings. The second kappa shape index (κ2) is 23.1. The van der Waals surface area contributed by atoms with E-state index in [2.05, 4.69) is 48.1 Å². The maximum Gasteiger partial charge on any atom is 2.00 e. The summed E-state index contributed by atoms with van der Waals surface area (Å²) in [6, 6.07) is 6.86. The van der Waals surface area contributed by atoms with Crippen LogP contribution < -0.4 is 21.2 Å². The Morgan fingerprint density at radius 3 is 1.51 bits per heavy atom. The number of nitrogens with one attached hydrogen (secondary N) is 2. The minimum absolute atomic E-state index is 0. The molecule has 1 unspecified atom stereocenters. The van der Waals surface area contributed by atoms with Gasteiger partial charge in [0, 0.05) is 35.7 Å². The average molecular weight is 832 g/mol. The fraction of sp³-hybridized carbons (Fsp3) is 0.318. The molecule has 0 amide bonds. The van der Waals surface area contributed by atoms with E-state index in [0.29, 0.717) is 49.6 Å². The van der Waals surface area contributed by atoms with E-state index in [1.807, 2.05) is 25.7 Å². The molecular formula is C22H24Cl6N3PS6Zn. The molecule has 2 aromatic carbocycles. The Labute approximate surface area is 308 Å². The van der Waals surface area contributed by atoms with Gasteiger partial charge in [-0.2, -0.15) is 0 Å². The normalized spacial score (nSPS) is 10.4. The van der Waals surface area contributed by atoms with Gasteiger partial charge in [0.25, 0.3) is 0 Å². The monoisotopic (exact) mass is 827 g/mol. The number of hydrogen-bond donors (Lipinski definition) is 3. The van der Waals surface area contributed by atoms with Crippen LogP contribution in [0.1, 0.15) is 20.8 Å². The van der Waals surface area contributed by atoms with E-state index < -0.39 is 0 Å². The summed E-state index contributed by atoms with van der Waals surface area (Å²) in [6.07, 6.45) is 0. The summed E-state index contributed by atoms with van der Waals surface area (Å²) in [7, 11) is 0.210. The predicted molar refractivity (Wildman–Crippen MR) is 196 cm³/mol. The number of thiocarbonyl (C=S) groups is 3. The fourth-order valence-electron chi connectivity index (χ4n) is 2.36. The van der Waals surface area contributed by atoms with Crippen molar-refractivity contribution in [2.45, 2.75) is 26.8 Å². The van der Waals surface area contributed by atoms with Gasteiger partial charge in [-0.05, 0) is 55.6 Å². The largest absolute Gasteiger partial charge is 2.00 e. The van der Waals surface area contributed by atoms with Crippen molar-refractivity contribution in [3.8, 4) is 0 Å². The number of hydrogen-bond acceptors (Lipinski definition) is 5. The molecule has 1 atom stereocenters. The van der Waals surface area contributed by atoms with E-state index in [0.717, 1.165) is 23.7 Å². The third kappa shape index (κ3) is 18.9. The third-order valence-electron chi connectivity index (χ3n) is 4.23. The molecule has 0 saturated carbocycles. The predicted octanol–water partition coefficient (Wildman–Crippen LogP) is 7.99. The SMILES string of the molecule is CC(CNC(=S)S)NC(=S)[S-].CCN(CC)C(=S)[S-].Clc1cc(Cl)c(Pc2cc(Cl)c(Cl)cc2Cl)cc1Cl.[Zn+2]. The molecule has 0 radical (unpaired) electrons. The standard InChI is InChI=1S/C12H5Cl6P.C5H10N2S4.C5H11NS2.Zn/c13-5-1-9(17)11(3-7(5)15)19-12-4-8(16)6(14)2-10(12)18;1-3(7-5(10)11)2-6-4(8)9;1-3-6(4-2)5(7)8;/h1-4,19H;3H,2H2,1H3,(H2,6,8,9)(H2,7,10,11);3-4H2,1-2H3,(H,7,8);/q;;;+2/p-2. The van der Waals surface area contributed by atoms with Gasteiger partial charge >= 0.3 is 19.5 Å². The van der Waals surface area contributed by atoms with Crippen LogP contribution >= 0.6 is 127 Å². The van der Waals surface area contributed by atoms with Crippen LogP contribution in [-0.2, 0) is 44.7 Å². The number of halogens is 6. The molecule has 0 bridgehead atoms. The number of benzene rings is 2. The molecule has 0 spiro atoms. The molecular weight excluding hydrogens is 808 g/mol. The van der Waals surface area contributed by atoms with Crippen molar-refractivity contribution in [2.24, 2.45) is 0 Å². The summed E-state index contributed by atoms with van der Waals surface area (Å²) in [5.74, 6) is 0. The van der Waals surface area contributed by atoms with Crippen molar-refractivity contribution in [1.29, 1.82) is 0 Å².